The van der Waals surface area contributed by atoms with Gasteiger partial charge in [-0.3, -0.25) is 4.79 Å². The molecule has 0 aliphatic carbocycles. The van der Waals surface area contributed by atoms with Crippen LogP contribution >= 0.6 is 11.6 Å². The molecule has 0 amide bonds. The van der Waals surface area contributed by atoms with Gasteiger partial charge >= 0.3 is 5.97 Å². The van der Waals surface area contributed by atoms with Gasteiger partial charge in [-0.2, -0.15) is 0 Å². The minimum absolute atomic E-state index is 0.412. The maximum absolute atomic E-state index is 11.8. The molecule has 0 aliphatic rings. The zero-order chi connectivity index (χ0) is 13.9. The Hall–Kier alpha value is -1.06. The average Bonchev–Trinajstić information content (AvgIpc) is 2.26. The second kappa shape index (κ2) is 5.72. The summed E-state index contributed by atoms with van der Waals surface area (Å²) in [6.45, 7) is 7.04. The van der Waals surface area contributed by atoms with Crippen molar-refractivity contribution in [2.45, 2.75) is 39.4 Å². The number of rotatable bonds is 3. The van der Waals surface area contributed by atoms with Crippen LogP contribution in [0.15, 0.2) is 24.3 Å². The van der Waals surface area contributed by atoms with Gasteiger partial charge in [0.2, 0.25) is 0 Å². The Morgan fingerprint density at radius 2 is 1.78 bits per heavy atom. The van der Waals surface area contributed by atoms with E-state index < -0.39 is 23.6 Å². The van der Waals surface area contributed by atoms with E-state index in [1.165, 1.54) is 0 Å². The zero-order valence-electron chi connectivity index (χ0n) is 11.1. The highest BCUT2D eigenvalue weighted by molar-refractivity contribution is 6.30. The predicted molar refractivity (Wildman–Crippen MR) is 71.4 cm³/mol. The molecule has 0 fully saturated rings. The Kier molecular flexibility index (Phi) is 4.77. The van der Waals surface area contributed by atoms with Crippen LogP contribution in [0, 0.1) is 5.92 Å². The van der Waals surface area contributed by atoms with Crippen molar-refractivity contribution in [1.82, 2.24) is 0 Å². The van der Waals surface area contributed by atoms with E-state index in [2.05, 4.69) is 0 Å². The van der Waals surface area contributed by atoms with Crippen LogP contribution in [0.1, 0.15) is 39.4 Å². The van der Waals surface area contributed by atoms with Crippen molar-refractivity contribution in [3.63, 3.8) is 0 Å². The molecule has 0 spiro atoms. The van der Waals surface area contributed by atoms with E-state index in [9.17, 15) is 9.90 Å². The number of aliphatic hydroxyl groups is 1. The summed E-state index contributed by atoms with van der Waals surface area (Å²) in [4.78, 5) is 11.8. The third kappa shape index (κ3) is 4.31. The largest absolute Gasteiger partial charge is 0.460 e. The number of hydrogen-bond acceptors (Lipinski definition) is 3. The van der Waals surface area contributed by atoms with Gasteiger partial charge in [-0.15, -0.1) is 0 Å². The monoisotopic (exact) mass is 270 g/mol. The molecule has 1 N–H and O–H groups in total. The Morgan fingerprint density at radius 3 is 2.22 bits per heavy atom. The smallest absolute Gasteiger partial charge is 0.312 e. The lowest BCUT2D eigenvalue weighted by atomic mass is 9.97. The van der Waals surface area contributed by atoms with Gasteiger partial charge < -0.3 is 9.84 Å². The van der Waals surface area contributed by atoms with E-state index in [4.69, 9.17) is 16.3 Å². The summed E-state index contributed by atoms with van der Waals surface area (Å²) in [7, 11) is 0. The first-order valence-corrected chi connectivity index (χ1v) is 6.25. The van der Waals surface area contributed by atoms with E-state index in [0.717, 1.165) is 0 Å². The minimum Gasteiger partial charge on any atom is -0.460 e. The number of halogens is 1. The van der Waals surface area contributed by atoms with E-state index in [-0.39, 0.29) is 0 Å². The minimum atomic E-state index is -0.892. The third-order valence-corrected chi connectivity index (χ3v) is 2.72. The van der Waals surface area contributed by atoms with E-state index in [1.807, 2.05) is 0 Å². The molecule has 100 valence electrons. The molecule has 0 heterocycles. The summed E-state index contributed by atoms with van der Waals surface area (Å²) >= 11 is 5.77. The van der Waals surface area contributed by atoms with Crippen LogP contribution in [0.4, 0.5) is 0 Å². The molecule has 2 atom stereocenters. The van der Waals surface area contributed by atoms with Crippen LogP contribution in [-0.2, 0) is 9.53 Å². The van der Waals surface area contributed by atoms with Crippen molar-refractivity contribution in [3.05, 3.63) is 34.9 Å². The molecule has 1 aromatic rings. The summed E-state index contributed by atoms with van der Waals surface area (Å²) < 4.78 is 5.24. The molecule has 1 aromatic carbocycles. The number of hydrogen-bond donors (Lipinski definition) is 1. The maximum Gasteiger partial charge on any atom is 0.312 e. The first-order valence-electron chi connectivity index (χ1n) is 5.87. The lowest BCUT2D eigenvalue weighted by molar-refractivity contribution is -0.163. The molecule has 0 aliphatic heterocycles. The average molecular weight is 271 g/mol. The number of carbonyl (C=O) groups is 1. The molecule has 3 nitrogen and oxygen atoms in total. The fourth-order valence-electron chi connectivity index (χ4n) is 1.47. The van der Waals surface area contributed by atoms with Crippen LogP contribution < -0.4 is 0 Å². The molecule has 1 rings (SSSR count). The first kappa shape index (κ1) is 15.0. The quantitative estimate of drug-likeness (QED) is 0.857. The summed E-state index contributed by atoms with van der Waals surface area (Å²) in [6, 6.07) is 6.77. The molecule has 4 heteroatoms. The van der Waals surface area contributed by atoms with Gasteiger partial charge in [-0.1, -0.05) is 23.7 Å². The van der Waals surface area contributed by atoms with E-state index in [0.29, 0.717) is 10.6 Å². The topological polar surface area (TPSA) is 46.5 Å². The van der Waals surface area contributed by atoms with Crippen LogP contribution in [0.25, 0.3) is 0 Å². The number of esters is 1. The Morgan fingerprint density at radius 1 is 1.28 bits per heavy atom. The molecule has 2 unspecified atom stereocenters. The van der Waals surface area contributed by atoms with Crippen molar-refractivity contribution in [1.29, 1.82) is 0 Å². The van der Waals surface area contributed by atoms with Gasteiger partial charge in [0.1, 0.15) is 5.60 Å². The molecular weight excluding hydrogens is 252 g/mol. The maximum atomic E-state index is 11.8. The van der Waals surface area contributed by atoms with E-state index >= 15 is 0 Å². The van der Waals surface area contributed by atoms with Gasteiger partial charge in [0.05, 0.1) is 12.0 Å². The van der Waals surface area contributed by atoms with Crippen molar-refractivity contribution in [2.75, 3.05) is 0 Å². The Labute approximate surface area is 113 Å². The fourth-order valence-corrected chi connectivity index (χ4v) is 1.60. The Bertz CT molecular complexity index is 406. The highest BCUT2D eigenvalue weighted by Gasteiger charge is 2.28. The second-order valence-corrected chi connectivity index (χ2v) is 5.75. The summed E-state index contributed by atoms with van der Waals surface area (Å²) in [5, 5.41) is 10.7. The molecule has 0 radical (unpaired) electrons. The number of benzene rings is 1. The standard InChI is InChI=1S/C14H19ClO3/c1-9(13(17)18-14(2,3)4)12(16)10-5-7-11(15)8-6-10/h5-9,12,16H,1-4H3. The van der Waals surface area contributed by atoms with Gasteiger partial charge in [-0.25, -0.2) is 0 Å². The highest BCUT2D eigenvalue weighted by atomic mass is 35.5. The predicted octanol–water partition coefficient (Wildman–Crippen LogP) is 3.35. The van der Waals surface area contributed by atoms with Crippen molar-refractivity contribution in [2.24, 2.45) is 5.92 Å². The Balaban J connectivity index is 2.74. The lowest BCUT2D eigenvalue weighted by Gasteiger charge is -2.24. The van der Waals surface area contributed by atoms with Crippen molar-refractivity contribution in [3.8, 4) is 0 Å². The van der Waals surface area contributed by atoms with Gasteiger partial charge in [-0.05, 0) is 45.4 Å². The van der Waals surface area contributed by atoms with Gasteiger partial charge in [0.25, 0.3) is 0 Å². The molecule has 0 aromatic heterocycles. The van der Waals surface area contributed by atoms with Crippen LogP contribution in [0.2, 0.25) is 5.02 Å². The molecule has 0 saturated heterocycles. The van der Waals surface area contributed by atoms with Gasteiger partial charge in [0, 0.05) is 5.02 Å². The molecule has 0 saturated carbocycles. The van der Waals surface area contributed by atoms with Crippen LogP contribution in [0.3, 0.4) is 0 Å². The summed E-state index contributed by atoms with van der Waals surface area (Å²) in [6.07, 6.45) is -0.892. The summed E-state index contributed by atoms with van der Waals surface area (Å²) in [5.74, 6) is -1.03. The van der Waals surface area contributed by atoms with E-state index in [1.54, 1.807) is 52.0 Å². The number of carbonyl (C=O) groups excluding carboxylic acids is 1. The summed E-state index contributed by atoms with van der Waals surface area (Å²) in [5.41, 5.74) is 0.100. The van der Waals surface area contributed by atoms with Crippen molar-refractivity contribution < 1.29 is 14.6 Å². The molecule has 0 bridgehead atoms. The number of ether oxygens (including phenoxy) is 1. The SMILES string of the molecule is CC(C(=O)OC(C)(C)C)C(O)c1ccc(Cl)cc1. The third-order valence-electron chi connectivity index (χ3n) is 2.46. The normalized spacial score (nSPS) is 15.0. The molecular formula is C14H19ClO3. The van der Waals surface area contributed by atoms with Crippen LogP contribution in [-0.4, -0.2) is 16.7 Å². The zero-order valence-corrected chi connectivity index (χ0v) is 11.9. The molecule has 18 heavy (non-hydrogen) atoms. The first-order chi connectivity index (χ1) is 8.20. The van der Waals surface area contributed by atoms with Crippen LogP contribution in [0.5, 0.6) is 0 Å². The van der Waals surface area contributed by atoms with Gasteiger partial charge in [0.15, 0.2) is 0 Å². The second-order valence-electron chi connectivity index (χ2n) is 5.32. The number of aliphatic hydroxyl groups excluding tert-OH is 1. The highest BCUT2D eigenvalue weighted by Crippen LogP contribution is 2.25. The lowest BCUT2D eigenvalue weighted by Crippen LogP contribution is -2.30. The van der Waals surface area contributed by atoms with Crippen molar-refractivity contribution >= 4 is 17.6 Å². The fraction of sp³-hybridized carbons (Fsp3) is 0.500.